The molecule has 4 aromatic rings. The molecular formula is C29H28N4O2. The first-order valence-electron chi connectivity index (χ1n) is 11.8. The molecule has 0 saturated heterocycles. The molecular weight excluding hydrogens is 436 g/mol. The quantitative estimate of drug-likeness (QED) is 0.360. The first-order chi connectivity index (χ1) is 17.0. The fourth-order valence-electron chi connectivity index (χ4n) is 4.44. The van der Waals surface area contributed by atoms with Crippen LogP contribution in [0.5, 0.6) is 0 Å². The van der Waals surface area contributed by atoms with Crippen molar-refractivity contribution in [3.8, 4) is 11.4 Å². The predicted octanol–water partition coefficient (Wildman–Crippen LogP) is 6.62. The monoisotopic (exact) mass is 464 g/mol. The van der Waals surface area contributed by atoms with Gasteiger partial charge in [-0.3, -0.25) is 4.90 Å². The van der Waals surface area contributed by atoms with Gasteiger partial charge in [0.2, 0.25) is 5.82 Å². The molecule has 2 amide bonds. The van der Waals surface area contributed by atoms with Crippen molar-refractivity contribution in [3.05, 3.63) is 107 Å². The first-order valence-corrected chi connectivity index (χ1v) is 11.8. The molecule has 0 aliphatic carbocycles. The van der Waals surface area contributed by atoms with Gasteiger partial charge in [-0.25, -0.2) is 4.79 Å². The number of aryl methyl sites for hydroxylation is 3. The highest BCUT2D eigenvalue weighted by Gasteiger charge is 2.36. The number of hydrogen-bond donors (Lipinski definition) is 1. The average Bonchev–Trinajstić information content (AvgIpc) is 3.36. The Bertz CT molecular complexity index is 1400. The summed E-state index contributed by atoms with van der Waals surface area (Å²) in [6, 6.07) is 23.3. The van der Waals surface area contributed by atoms with Crippen LogP contribution in [0.2, 0.25) is 0 Å². The molecule has 176 valence electrons. The lowest BCUT2D eigenvalue weighted by Gasteiger charge is -2.35. The standard InChI is InChI=1S/C29H28N4O2/c1-5-21-12-15-22(16-13-21)27-31-28(35-32-27)25-20(4)33(24-9-7-6-8-10-24)29(34)30-26(25)23-14-11-18(2)19(3)17-23/h6-17,26H,5H2,1-4H3,(H,30,34). The minimum Gasteiger partial charge on any atom is -0.334 e. The van der Waals surface area contributed by atoms with Gasteiger partial charge in [0.1, 0.15) is 0 Å². The Labute approximate surface area is 205 Å². The summed E-state index contributed by atoms with van der Waals surface area (Å²) in [5.41, 5.74) is 7.75. The number of allylic oxidation sites excluding steroid dienone is 1. The molecule has 6 heteroatoms. The zero-order chi connectivity index (χ0) is 24.5. The number of carbonyl (C=O) groups excluding carboxylic acids is 1. The van der Waals surface area contributed by atoms with Crippen LogP contribution in [0.15, 0.2) is 83.0 Å². The van der Waals surface area contributed by atoms with Gasteiger partial charge in [0, 0.05) is 11.3 Å². The Morgan fingerprint density at radius 1 is 0.943 bits per heavy atom. The van der Waals surface area contributed by atoms with Gasteiger partial charge in [-0.05, 0) is 61.6 Å². The van der Waals surface area contributed by atoms with Crippen LogP contribution in [0.25, 0.3) is 17.0 Å². The van der Waals surface area contributed by atoms with E-state index >= 15 is 0 Å². The van der Waals surface area contributed by atoms with E-state index in [2.05, 4.69) is 55.5 Å². The molecule has 0 fully saturated rings. The Morgan fingerprint density at radius 3 is 2.37 bits per heavy atom. The number of anilines is 1. The number of nitrogens with one attached hydrogen (secondary N) is 1. The van der Waals surface area contributed by atoms with Gasteiger partial charge in [0.05, 0.1) is 17.3 Å². The number of nitrogens with zero attached hydrogens (tertiary/aromatic N) is 3. The third kappa shape index (κ3) is 4.23. The second kappa shape index (κ2) is 9.22. The van der Waals surface area contributed by atoms with Crippen molar-refractivity contribution in [3.63, 3.8) is 0 Å². The molecule has 0 saturated carbocycles. The molecule has 3 aromatic carbocycles. The van der Waals surface area contributed by atoms with Gasteiger partial charge in [-0.1, -0.05) is 72.7 Å². The van der Waals surface area contributed by atoms with Crippen LogP contribution in [0.1, 0.15) is 48.0 Å². The molecule has 0 spiro atoms. The van der Waals surface area contributed by atoms with Gasteiger partial charge in [0.25, 0.3) is 5.89 Å². The number of hydrogen-bond acceptors (Lipinski definition) is 4. The van der Waals surface area contributed by atoms with Crippen LogP contribution in [-0.2, 0) is 6.42 Å². The maximum atomic E-state index is 13.3. The Hall–Kier alpha value is -4.19. The van der Waals surface area contributed by atoms with Crippen LogP contribution < -0.4 is 10.2 Å². The number of aromatic nitrogens is 2. The summed E-state index contributed by atoms with van der Waals surface area (Å²) in [5, 5.41) is 7.45. The molecule has 0 radical (unpaired) electrons. The van der Waals surface area contributed by atoms with Crippen molar-refractivity contribution in [2.45, 2.75) is 40.2 Å². The zero-order valence-corrected chi connectivity index (χ0v) is 20.4. The molecule has 1 N–H and O–H groups in total. The van der Waals surface area contributed by atoms with Crippen LogP contribution in [0, 0.1) is 13.8 Å². The topological polar surface area (TPSA) is 71.3 Å². The largest absolute Gasteiger partial charge is 0.334 e. The van der Waals surface area contributed by atoms with Crippen molar-refractivity contribution in [1.82, 2.24) is 15.5 Å². The Balaban J connectivity index is 1.64. The third-order valence-electron chi connectivity index (χ3n) is 6.64. The van der Waals surface area contributed by atoms with E-state index in [9.17, 15) is 4.79 Å². The van der Waals surface area contributed by atoms with Gasteiger partial charge in [-0.15, -0.1) is 0 Å². The van der Waals surface area contributed by atoms with Crippen LogP contribution in [0.4, 0.5) is 10.5 Å². The van der Waals surface area contributed by atoms with E-state index in [-0.39, 0.29) is 6.03 Å². The third-order valence-corrected chi connectivity index (χ3v) is 6.64. The summed E-state index contributed by atoms with van der Waals surface area (Å²) < 4.78 is 5.81. The van der Waals surface area contributed by atoms with Crippen molar-refractivity contribution in [2.24, 2.45) is 0 Å². The van der Waals surface area contributed by atoms with E-state index in [0.717, 1.165) is 40.1 Å². The summed E-state index contributed by atoms with van der Waals surface area (Å²) in [5.74, 6) is 0.908. The maximum Gasteiger partial charge on any atom is 0.326 e. The van der Waals surface area contributed by atoms with Gasteiger partial charge in [-0.2, -0.15) is 4.98 Å². The highest BCUT2D eigenvalue weighted by atomic mass is 16.5. The molecule has 2 heterocycles. The van der Waals surface area contributed by atoms with E-state index in [1.807, 2.05) is 55.5 Å². The molecule has 1 aromatic heterocycles. The first kappa shape index (κ1) is 22.6. The molecule has 1 aliphatic heterocycles. The van der Waals surface area contributed by atoms with Crippen molar-refractivity contribution in [2.75, 3.05) is 4.90 Å². The van der Waals surface area contributed by atoms with Crippen molar-refractivity contribution in [1.29, 1.82) is 0 Å². The molecule has 1 unspecified atom stereocenters. The predicted molar refractivity (Wildman–Crippen MR) is 138 cm³/mol. The molecule has 1 atom stereocenters. The number of urea groups is 1. The number of rotatable bonds is 5. The summed E-state index contributed by atoms with van der Waals surface area (Å²) in [4.78, 5) is 19.7. The molecule has 6 nitrogen and oxygen atoms in total. The van der Waals surface area contributed by atoms with Gasteiger partial charge >= 0.3 is 6.03 Å². The number of carbonyl (C=O) groups is 1. The fourth-order valence-corrected chi connectivity index (χ4v) is 4.44. The fraction of sp³-hybridized carbons (Fsp3) is 0.207. The minimum atomic E-state index is -0.419. The second-order valence-corrected chi connectivity index (χ2v) is 8.87. The summed E-state index contributed by atoms with van der Waals surface area (Å²) in [6.07, 6.45) is 0.969. The number of amides is 2. The Kier molecular flexibility index (Phi) is 5.95. The van der Waals surface area contributed by atoms with Crippen LogP contribution in [0.3, 0.4) is 0 Å². The molecule has 1 aliphatic rings. The van der Waals surface area contributed by atoms with Crippen LogP contribution >= 0.6 is 0 Å². The normalized spacial score (nSPS) is 15.9. The number of benzene rings is 3. The van der Waals surface area contributed by atoms with Crippen molar-refractivity contribution >= 4 is 17.3 Å². The zero-order valence-electron chi connectivity index (χ0n) is 20.4. The maximum absolute atomic E-state index is 13.3. The summed E-state index contributed by atoms with van der Waals surface area (Å²) in [7, 11) is 0. The van der Waals surface area contributed by atoms with E-state index in [0.29, 0.717) is 11.7 Å². The number of para-hydroxylation sites is 1. The minimum absolute atomic E-state index is 0.199. The lowest BCUT2D eigenvalue weighted by molar-refractivity contribution is 0.244. The highest BCUT2D eigenvalue weighted by Crippen LogP contribution is 2.39. The van der Waals surface area contributed by atoms with E-state index in [1.54, 1.807) is 4.90 Å². The van der Waals surface area contributed by atoms with E-state index in [1.165, 1.54) is 11.1 Å². The van der Waals surface area contributed by atoms with E-state index in [4.69, 9.17) is 9.51 Å². The smallest absolute Gasteiger partial charge is 0.326 e. The summed E-state index contributed by atoms with van der Waals surface area (Å²) in [6.45, 7) is 8.20. The van der Waals surface area contributed by atoms with Gasteiger partial charge in [0.15, 0.2) is 0 Å². The molecule has 35 heavy (non-hydrogen) atoms. The second-order valence-electron chi connectivity index (χ2n) is 8.87. The van der Waals surface area contributed by atoms with E-state index < -0.39 is 6.04 Å². The van der Waals surface area contributed by atoms with Gasteiger partial charge < -0.3 is 9.84 Å². The molecule has 5 rings (SSSR count). The van der Waals surface area contributed by atoms with Crippen LogP contribution in [-0.4, -0.2) is 16.2 Å². The van der Waals surface area contributed by atoms with Crippen molar-refractivity contribution < 1.29 is 9.32 Å². The Morgan fingerprint density at radius 2 is 1.69 bits per heavy atom. The highest BCUT2D eigenvalue weighted by molar-refractivity contribution is 6.01. The molecule has 0 bridgehead atoms. The lowest BCUT2D eigenvalue weighted by Crippen LogP contribution is -2.46. The average molecular weight is 465 g/mol. The SMILES string of the molecule is CCc1ccc(-c2noc(C3=C(C)N(c4ccccc4)C(=O)NC3c3ccc(C)c(C)c3)n2)cc1. The summed E-state index contributed by atoms with van der Waals surface area (Å²) >= 11 is 0. The lowest BCUT2D eigenvalue weighted by atomic mass is 9.92.